The van der Waals surface area contributed by atoms with Crippen LogP contribution in [0.3, 0.4) is 0 Å². The van der Waals surface area contributed by atoms with Crippen molar-refractivity contribution in [3.63, 3.8) is 0 Å². The molecule has 148 valence electrons. The van der Waals surface area contributed by atoms with Crippen molar-refractivity contribution >= 4 is 11.8 Å². The second-order valence-electron chi connectivity index (χ2n) is 6.23. The van der Waals surface area contributed by atoms with Crippen LogP contribution in [0.25, 0.3) is 22.8 Å². The number of aryl methyl sites for hydroxylation is 1. The fraction of sp³-hybridized carbons (Fsp3) is 0.200. The fourth-order valence-electron chi connectivity index (χ4n) is 2.76. The molecule has 2 N–H and O–H groups in total. The van der Waals surface area contributed by atoms with Crippen molar-refractivity contribution in [2.45, 2.75) is 18.0 Å². The number of thioether (sulfide) groups is 1. The van der Waals surface area contributed by atoms with Gasteiger partial charge in [-0.2, -0.15) is 4.98 Å². The van der Waals surface area contributed by atoms with Gasteiger partial charge in [-0.05, 0) is 30.7 Å². The van der Waals surface area contributed by atoms with E-state index in [0.29, 0.717) is 29.1 Å². The molecule has 2 aromatic heterocycles. The van der Waals surface area contributed by atoms with Crippen molar-refractivity contribution < 1.29 is 9.26 Å². The molecule has 8 nitrogen and oxygen atoms in total. The van der Waals surface area contributed by atoms with Crippen LogP contribution in [0, 0.1) is 0 Å². The summed E-state index contributed by atoms with van der Waals surface area (Å²) in [7, 11) is 1.63. The second kappa shape index (κ2) is 8.78. The molecule has 0 aliphatic heterocycles. The molecule has 0 radical (unpaired) electrons. The summed E-state index contributed by atoms with van der Waals surface area (Å²) in [5, 5.41) is 13.1. The zero-order valence-electron chi connectivity index (χ0n) is 15.9. The molecule has 0 amide bonds. The Morgan fingerprint density at radius 3 is 2.59 bits per heavy atom. The summed E-state index contributed by atoms with van der Waals surface area (Å²) in [5.74, 6) is 9.60. The summed E-state index contributed by atoms with van der Waals surface area (Å²) < 4.78 is 12.0. The highest BCUT2D eigenvalue weighted by molar-refractivity contribution is 7.99. The number of ether oxygens (including phenoxy) is 1. The van der Waals surface area contributed by atoms with E-state index >= 15 is 0 Å². The van der Waals surface area contributed by atoms with E-state index in [1.54, 1.807) is 18.9 Å². The minimum absolute atomic E-state index is 0.610. The molecule has 0 fully saturated rings. The van der Waals surface area contributed by atoms with Crippen molar-refractivity contribution in [3.05, 3.63) is 60.5 Å². The highest BCUT2D eigenvalue weighted by Gasteiger charge is 2.13. The standard InChI is InChI=1S/C20H20N6O2S/c1-27-16-11-9-15(10-12-16)19-23-24-20(26(19)21)29-13-5-8-17-22-18(25-28-17)14-6-3-2-4-7-14/h2-4,6-7,9-12H,5,8,13,21H2,1H3. The molecule has 4 aromatic rings. The number of hydrogen-bond acceptors (Lipinski definition) is 8. The van der Waals surface area contributed by atoms with Crippen LogP contribution < -0.4 is 10.6 Å². The molecule has 0 bridgehead atoms. The molecule has 0 atom stereocenters. The van der Waals surface area contributed by atoms with Crippen molar-refractivity contribution in [1.29, 1.82) is 0 Å². The Balaban J connectivity index is 1.31. The van der Waals surface area contributed by atoms with Gasteiger partial charge in [0.05, 0.1) is 7.11 Å². The quantitative estimate of drug-likeness (QED) is 0.268. The second-order valence-corrected chi connectivity index (χ2v) is 7.30. The smallest absolute Gasteiger partial charge is 0.226 e. The van der Waals surface area contributed by atoms with E-state index in [4.69, 9.17) is 15.1 Å². The summed E-state index contributed by atoms with van der Waals surface area (Å²) in [4.78, 5) is 4.45. The van der Waals surface area contributed by atoms with Crippen molar-refractivity contribution in [2.24, 2.45) is 0 Å². The van der Waals surface area contributed by atoms with Crippen molar-refractivity contribution in [2.75, 3.05) is 18.7 Å². The van der Waals surface area contributed by atoms with Gasteiger partial charge in [0.25, 0.3) is 0 Å². The monoisotopic (exact) mass is 408 g/mol. The number of rotatable bonds is 8. The molecule has 0 aliphatic carbocycles. The number of benzene rings is 2. The first kappa shape index (κ1) is 19.0. The van der Waals surface area contributed by atoms with Crippen LogP contribution in [0.15, 0.2) is 64.3 Å². The van der Waals surface area contributed by atoms with Crippen LogP contribution in [-0.2, 0) is 6.42 Å². The van der Waals surface area contributed by atoms with Gasteiger partial charge in [-0.1, -0.05) is 47.3 Å². The molecule has 9 heteroatoms. The minimum Gasteiger partial charge on any atom is -0.497 e. The van der Waals surface area contributed by atoms with E-state index in [2.05, 4.69) is 20.3 Å². The average Bonchev–Trinajstić information content (AvgIpc) is 3.39. The molecule has 4 rings (SSSR count). The Bertz CT molecular complexity index is 1060. The van der Waals surface area contributed by atoms with Crippen LogP contribution in [0.4, 0.5) is 0 Å². The summed E-state index contributed by atoms with van der Waals surface area (Å²) in [5.41, 5.74) is 1.83. The SMILES string of the molecule is COc1ccc(-c2nnc(SCCCc3nc(-c4ccccc4)no3)n2N)cc1. The third-order valence-corrected chi connectivity index (χ3v) is 5.31. The lowest BCUT2D eigenvalue weighted by molar-refractivity contribution is 0.378. The molecule has 0 unspecified atom stereocenters. The summed E-state index contributed by atoms with van der Waals surface area (Å²) in [6, 6.07) is 17.3. The van der Waals surface area contributed by atoms with Gasteiger partial charge < -0.3 is 15.1 Å². The minimum atomic E-state index is 0.610. The van der Waals surface area contributed by atoms with Gasteiger partial charge in [0.2, 0.25) is 16.9 Å². The summed E-state index contributed by atoms with van der Waals surface area (Å²) in [6.45, 7) is 0. The fourth-order valence-corrected chi connectivity index (χ4v) is 3.56. The molecule has 2 heterocycles. The molecule has 0 saturated carbocycles. The van der Waals surface area contributed by atoms with Crippen LogP contribution in [0.5, 0.6) is 5.75 Å². The van der Waals surface area contributed by atoms with E-state index in [9.17, 15) is 0 Å². The van der Waals surface area contributed by atoms with Crippen LogP contribution in [-0.4, -0.2) is 37.9 Å². The van der Waals surface area contributed by atoms with Gasteiger partial charge in [-0.15, -0.1) is 10.2 Å². The molecule has 0 saturated heterocycles. The highest BCUT2D eigenvalue weighted by Crippen LogP contribution is 2.24. The predicted octanol–water partition coefficient (Wildman–Crippen LogP) is 3.44. The maximum absolute atomic E-state index is 6.17. The van der Waals surface area contributed by atoms with E-state index in [1.165, 1.54) is 4.68 Å². The predicted molar refractivity (Wildman–Crippen MR) is 111 cm³/mol. The number of methoxy groups -OCH3 is 1. The molecular formula is C20H20N6O2S. The summed E-state index contributed by atoms with van der Waals surface area (Å²) in [6.07, 6.45) is 1.54. The average molecular weight is 408 g/mol. The lowest BCUT2D eigenvalue weighted by Gasteiger charge is -2.04. The third-order valence-electron chi connectivity index (χ3n) is 4.28. The van der Waals surface area contributed by atoms with Gasteiger partial charge in [-0.25, -0.2) is 4.68 Å². The zero-order chi connectivity index (χ0) is 20.1. The molecule has 29 heavy (non-hydrogen) atoms. The van der Waals surface area contributed by atoms with Crippen LogP contribution in [0.2, 0.25) is 0 Å². The van der Waals surface area contributed by atoms with E-state index in [1.807, 2.05) is 54.6 Å². The Morgan fingerprint density at radius 1 is 1.03 bits per heavy atom. The Labute approximate surface area is 172 Å². The first-order chi connectivity index (χ1) is 14.2. The first-order valence-corrected chi connectivity index (χ1v) is 10.1. The Hall–Kier alpha value is -3.33. The topological polar surface area (TPSA) is 105 Å². The molecule has 2 aromatic carbocycles. The van der Waals surface area contributed by atoms with E-state index in [-0.39, 0.29) is 0 Å². The number of aromatic nitrogens is 5. The highest BCUT2D eigenvalue weighted by atomic mass is 32.2. The Kier molecular flexibility index (Phi) is 5.76. The number of nitrogen functional groups attached to an aromatic ring is 1. The van der Waals surface area contributed by atoms with Crippen molar-refractivity contribution in [1.82, 2.24) is 25.0 Å². The maximum Gasteiger partial charge on any atom is 0.226 e. The largest absolute Gasteiger partial charge is 0.497 e. The lowest BCUT2D eigenvalue weighted by atomic mass is 10.2. The number of nitrogens with two attached hydrogens (primary N) is 1. The van der Waals surface area contributed by atoms with Gasteiger partial charge in [0.1, 0.15) is 5.75 Å². The molecular weight excluding hydrogens is 388 g/mol. The first-order valence-electron chi connectivity index (χ1n) is 9.10. The number of nitrogens with zero attached hydrogens (tertiary/aromatic N) is 5. The van der Waals surface area contributed by atoms with Gasteiger partial charge in [-0.3, -0.25) is 0 Å². The van der Waals surface area contributed by atoms with E-state index < -0.39 is 0 Å². The Morgan fingerprint density at radius 2 is 1.83 bits per heavy atom. The maximum atomic E-state index is 6.17. The lowest BCUT2D eigenvalue weighted by Crippen LogP contribution is -2.11. The zero-order valence-corrected chi connectivity index (χ0v) is 16.7. The van der Waals surface area contributed by atoms with Gasteiger partial charge in [0, 0.05) is 23.3 Å². The van der Waals surface area contributed by atoms with Crippen LogP contribution >= 0.6 is 11.8 Å². The van der Waals surface area contributed by atoms with E-state index in [0.717, 1.165) is 29.1 Å². The molecule has 0 aliphatic rings. The summed E-state index contributed by atoms with van der Waals surface area (Å²) >= 11 is 1.54. The van der Waals surface area contributed by atoms with Gasteiger partial charge >= 0.3 is 0 Å². The van der Waals surface area contributed by atoms with Gasteiger partial charge in [0.15, 0.2) is 5.82 Å². The third kappa shape index (κ3) is 4.40. The van der Waals surface area contributed by atoms with Crippen LogP contribution in [0.1, 0.15) is 12.3 Å². The number of hydrogen-bond donors (Lipinski definition) is 1. The normalized spacial score (nSPS) is 10.9. The molecule has 0 spiro atoms. The van der Waals surface area contributed by atoms with Crippen molar-refractivity contribution in [3.8, 4) is 28.5 Å².